The summed E-state index contributed by atoms with van der Waals surface area (Å²) in [6, 6.07) is 9.18. The normalized spacial score (nSPS) is 17.9. The molecule has 4 rings (SSSR count). The molecule has 35 heavy (non-hydrogen) atoms. The number of benzene rings is 2. The van der Waals surface area contributed by atoms with Gasteiger partial charge in [-0.15, -0.1) is 0 Å². The number of rotatable bonds is 9. The minimum Gasteiger partial charge on any atom is -0.491 e. The highest BCUT2D eigenvalue weighted by Gasteiger charge is 2.41. The molecule has 0 aliphatic carbocycles. The average Bonchev–Trinajstić information content (AvgIpc) is 3.16. The molecule has 10 heteroatoms. The van der Waals surface area contributed by atoms with Gasteiger partial charge in [-0.3, -0.25) is 24.5 Å². The van der Waals surface area contributed by atoms with E-state index >= 15 is 0 Å². The number of ketones is 1. The van der Waals surface area contributed by atoms with Crippen molar-refractivity contribution in [3.05, 3.63) is 64.7 Å². The second-order valence-corrected chi connectivity index (χ2v) is 8.49. The standard InChI is InChI=1S/C25H24F2N2O6/c26-25(27,17-2-1-3-18(13-17)35-11-10-30)21(31)8-5-15-4-6-19-16(12-15)14-29(24(19)34)20-7-9-22(32)28-23(20)33/h1-4,6,12-13,20,30H,5,7-11,14H2,(H,28,32,33). The molecule has 1 unspecified atom stereocenters. The maximum atomic E-state index is 14.8. The van der Waals surface area contributed by atoms with Crippen molar-refractivity contribution in [2.24, 2.45) is 0 Å². The summed E-state index contributed by atoms with van der Waals surface area (Å²) in [6.45, 7) is -0.152. The van der Waals surface area contributed by atoms with E-state index in [0.717, 1.165) is 12.1 Å². The second-order valence-electron chi connectivity index (χ2n) is 8.49. The van der Waals surface area contributed by atoms with Crippen LogP contribution in [-0.2, 0) is 33.3 Å². The lowest BCUT2D eigenvalue weighted by Crippen LogP contribution is -2.52. The Kier molecular flexibility index (Phi) is 6.93. The Morgan fingerprint density at radius 3 is 2.71 bits per heavy atom. The zero-order chi connectivity index (χ0) is 25.2. The van der Waals surface area contributed by atoms with Gasteiger partial charge in [0.15, 0.2) is 0 Å². The van der Waals surface area contributed by atoms with Crippen LogP contribution in [0.1, 0.15) is 46.3 Å². The number of aryl methyl sites for hydroxylation is 1. The van der Waals surface area contributed by atoms with Crippen molar-refractivity contribution in [1.82, 2.24) is 10.2 Å². The summed E-state index contributed by atoms with van der Waals surface area (Å²) >= 11 is 0. The number of ether oxygens (including phenoxy) is 1. The molecule has 184 valence electrons. The number of carbonyl (C=O) groups is 4. The van der Waals surface area contributed by atoms with Gasteiger partial charge in [-0.2, -0.15) is 8.78 Å². The number of nitrogens with one attached hydrogen (secondary N) is 1. The lowest BCUT2D eigenvalue weighted by atomic mass is 9.97. The predicted octanol–water partition coefficient (Wildman–Crippen LogP) is 2.11. The molecule has 8 nitrogen and oxygen atoms in total. The number of piperidine rings is 1. The molecule has 0 spiro atoms. The van der Waals surface area contributed by atoms with Crippen LogP contribution in [0.25, 0.3) is 0 Å². The molecule has 2 aromatic carbocycles. The van der Waals surface area contributed by atoms with Gasteiger partial charge < -0.3 is 14.7 Å². The molecule has 0 saturated carbocycles. The highest BCUT2D eigenvalue weighted by molar-refractivity contribution is 6.05. The number of nitrogens with zero attached hydrogens (tertiary/aromatic N) is 1. The van der Waals surface area contributed by atoms with E-state index < -0.39 is 35.6 Å². The second kappa shape index (κ2) is 9.91. The number of hydrogen-bond acceptors (Lipinski definition) is 6. The van der Waals surface area contributed by atoms with E-state index in [9.17, 15) is 28.0 Å². The fraction of sp³-hybridized carbons (Fsp3) is 0.360. The third-order valence-electron chi connectivity index (χ3n) is 6.14. The summed E-state index contributed by atoms with van der Waals surface area (Å²) in [5.41, 5.74) is 1.18. The molecule has 2 aliphatic rings. The summed E-state index contributed by atoms with van der Waals surface area (Å²) in [6.07, 6.45) is 0.0228. The van der Waals surface area contributed by atoms with Crippen molar-refractivity contribution >= 4 is 23.5 Å². The molecule has 3 amide bonds. The topological polar surface area (TPSA) is 113 Å². The number of aliphatic hydroxyl groups excluding tert-OH is 1. The number of fused-ring (bicyclic) bond motifs is 1. The number of alkyl halides is 2. The highest BCUT2D eigenvalue weighted by atomic mass is 19.3. The van der Waals surface area contributed by atoms with Crippen molar-refractivity contribution in [1.29, 1.82) is 0 Å². The van der Waals surface area contributed by atoms with Gasteiger partial charge in [0.05, 0.1) is 6.61 Å². The number of amides is 3. The van der Waals surface area contributed by atoms with Crippen LogP contribution >= 0.6 is 0 Å². The molecule has 2 heterocycles. The third-order valence-corrected chi connectivity index (χ3v) is 6.14. The lowest BCUT2D eigenvalue weighted by Gasteiger charge is -2.29. The van der Waals surface area contributed by atoms with Crippen LogP contribution in [0.3, 0.4) is 0 Å². The minimum absolute atomic E-state index is 0.0506. The number of aliphatic hydroxyl groups is 1. The third kappa shape index (κ3) is 5.07. The van der Waals surface area contributed by atoms with E-state index in [-0.39, 0.29) is 56.6 Å². The van der Waals surface area contributed by atoms with Crippen LogP contribution in [0.15, 0.2) is 42.5 Å². The summed E-state index contributed by atoms with van der Waals surface area (Å²) in [4.78, 5) is 50.1. The minimum atomic E-state index is -3.71. The Balaban J connectivity index is 1.41. The molecular formula is C25H24F2N2O6. The van der Waals surface area contributed by atoms with E-state index in [1.807, 2.05) is 0 Å². The van der Waals surface area contributed by atoms with Crippen LogP contribution in [0.2, 0.25) is 0 Å². The van der Waals surface area contributed by atoms with Gasteiger partial charge >= 0.3 is 5.92 Å². The Morgan fingerprint density at radius 2 is 1.97 bits per heavy atom. The van der Waals surface area contributed by atoms with Crippen LogP contribution in [-0.4, -0.2) is 52.8 Å². The molecule has 2 aliphatic heterocycles. The maximum Gasteiger partial charge on any atom is 0.330 e. The van der Waals surface area contributed by atoms with Crippen LogP contribution in [0.4, 0.5) is 8.78 Å². The molecule has 0 aromatic heterocycles. The van der Waals surface area contributed by atoms with Gasteiger partial charge in [-0.1, -0.05) is 24.3 Å². The number of halogens is 2. The lowest BCUT2D eigenvalue weighted by molar-refractivity contribution is -0.144. The fourth-order valence-electron chi connectivity index (χ4n) is 4.30. The van der Waals surface area contributed by atoms with Crippen LogP contribution in [0, 0.1) is 0 Å². The summed E-state index contributed by atoms with van der Waals surface area (Å²) < 4.78 is 34.7. The Morgan fingerprint density at radius 1 is 1.17 bits per heavy atom. The zero-order valence-electron chi connectivity index (χ0n) is 18.8. The van der Waals surface area contributed by atoms with E-state index in [4.69, 9.17) is 9.84 Å². The van der Waals surface area contributed by atoms with Gasteiger partial charge in [0.1, 0.15) is 18.4 Å². The predicted molar refractivity (Wildman–Crippen MR) is 119 cm³/mol. The van der Waals surface area contributed by atoms with Gasteiger partial charge in [0, 0.05) is 30.5 Å². The van der Waals surface area contributed by atoms with Gasteiger partial charge in [-0.25, -0.2) is 0 Å². The average molecular weight is 486 g/mol. The fourth-order valence-corrected chi connectivity index (χ4v) is 4.30. The molecule has 1 saturated heterocycles. The first kappa shape index (κ1) is 24.5. The first-order chi connectivity index (χ1) is 16.7. The highest BCUT2D eigenvalue weighted by Crippen LogP contribution is 2.33. The number of imide groups is 1. The van der Waals surface area contributed by atoms with Gasteiger partial charge in [0.2, 0.25) is 17.6 Å². The largest absolute Gasteiger partial charge is 0.491 e. The van der Waals surface area contributed by atoms with E-state index in [1.165, 1.54) is 17.0 Å². The number of hydrogen-bond donors (Lipinski definition) is 2. The first-order valence-electron chi connectivity index (χ1n) is 11.2. The van der Waals surface area contributed by atoms with E-state index in [0.29, 0.717) is 16.7 Å². The Labute approximate surface area is 199 Å². The van der Waals surface area contributed by atoms with Crippen molar-refractivity contribution < 1.29 is 37.8 Å². The van der Waals surface area contributed by atoms with E-state index in [2.05, 4.69) is 5.32 Å². The van der Waals surface area contributed by atoms with Crippen molar-refractivity contribution in [2.75, 3.05) is 13.2 Å². The molecule has 1 fully saturated rings. The van der Waals surface area contributed by atoms with Gasteiger partial charge in [0.25, 0.3) is 5.91 Å². The van der Waals surface area contributed by atoms with E-state index in [1.54, 1.807) is 18.2 Å². The van der Waals surface area contributed by atoms with Crippen LogP contribution in [0.5, 0.6) is 5.75 Å². The Hall–Kier alpha value is -3.66. The van der Waals surface area contributed by atoms with Crippen molar-refractivity contribution in [3.8, 4) is 5.75 Å². The number of Topliss-reactive ketones (excluding diaryl/α,β-unsaturated/α-hetero) is 1. The monoisotopic (exact) mass is 486 g/mol. The molecule has 2 aromatic rings. The maximum absolute atomic E-state index is 14.8. The van der Waals surface area contributed by atoms with Gasteiger partial charge in [-0.05, 0) is 42.2 Å². The SMILES string of the molecule is O=C1CCC(N2Cc3cc(CCC(=O)C(F)(F)c4cccc(OCCO)c4)ccc3C2=O)C(=O)N1. The van der Waals surface area contributed by atoms with Crippen molar-refractivity contribution in [3.63, 3.8) is 0 Å². The Bertz CT molecular complexity index is 1180. The first-order valence-corrected chi connectivity index (χ1v) is 11.2. The summed E-state index contributed by atoms with van der Waals surface area (Å²) in [7, 11) is 0. The van der Waals surface area contributed by atoms with Crippen LogP contribution < -0.4 is 10.1 Å². The molecular weight excluding hydrogens is 462 g/mol. The van der Waals surface area contributed by atoms with Crippen molar-refractivity contribution in [2.45, 2.75) is 44.2 Å². The zero-order valence-corrected chi connectivity index (χ0v) is 18.8. The smallest absolute Gasteiger partial charge is 0.330 e. The summed E-state index contributed by atoms with van der Waals surface area (Å²) in [5.74, 6) is -6.04. The molecule has 0 bridgehead atoms. The number of carbonyl (C=O) groups excluding carboxylic acids is 4. The summed E-state index contributed by atoms with van der Waals surface area (Å²) in [5, 5.41) is 11.1. The molecule has 0 radical (unpaired) electrons. The molecule has 1 atom stereocenters. The quantitative estimate of drug-likeness (QED) is 0.525. The molecule has 2 N–H and O–H groups in total.